The van der Waals surface area contributed by atoms with Crippen molar-refractivity contribution in [2.45, 2.75) is 23.7 Å². The van der Waals surface area contributed by atoms with Crippen LogP contribution >= 0.6 is 27.7 Å². The average molecular weight is 285 g/mol. The lowest BCUT2D eigenvalue weighted by atomic mass is 10.4. The molecule has 0 spiro atoms. The highest BCUT2D eigenvalue weighted by Gasteiger charge is 2.03. The Labute approximate surface area is 100 Å². The van der Waals surface area contributed by atoms with E-state index in [1.165, 1.54) is 11.8 Å². The van der Waals surface area contributed by atoms with Gasteiger partial charge in [0.25, 0.3) is 0 Å². The molecule has 0 saturated carbocycles. The molecule has 0 radical (unpaired) electrons. The standard InChI is InChI=1S/C9H9BrN4S/c1-2-7-5-13-9(14-7)15-8-11-3-6(10)4-12-8/h3-5H,2H2,1H3,(H,13,14). The van der Waals surface area contributed by atoms with Gasteiger partial charge in [-0.15, -0.1) is 0 Å². The first-order chi connectivity index (χ1) is 7.28. The van der Waals surface area contributed by atoms with Gasteiger partial charge in [-0.2, -0.15) is 0 Å². The highest BCUT2D eigenvalue weighted by Crippen LogP contribution is 2.21. The molecule has 0 aliphatic rings. The summed E-state index contributed by atoms with van der Waals surface area (Å²) in [5, 5.41) is 1.52. The third-order valence-electron chi connectivity index (χ3n) is 1.77. The van der Waals surface area contributed by atoms with Gasteiger partial charge in [0.15, 0.2) is 10.3 Å². The Morgan fingerprint density at radius 1 is 1.27 bits per heavy atom. The van der Waals surface area contributed by atoms with Crippen LogP contribution < -0.4 is 0 Å². The summed E-state index contributed by atoms with van der Waals surface area (Å²) < 4.78 is 0.876. The Hall–Kier alpha value is -0.880. The van der Waals surface area contributed by atoms with Crippen molar-refractivity contribution < 1.29 is 0 Å². The Balaban J connectivity index is 2.11. The maximum Gasteiger partial charge on any atom is 0.195 e. The molecule has 0 saturated heterocycles. The van der Waals surface area contributed by atoms with Crippen molar-refractivity contribution in [1.29, 1.82) is 0 Å². The van der Waals surface area contributed by atoms with Crippen molar-refractivity contribution in [3.63, 3.8) is 0 Å². The Bertz CT molecular complexity index is 440. The number of nitrogens with one attached hydrogen (secondary N) is 1. The molecule has 2 heterocycles. The first-order valence-electron chi connectivity index (χ1n) is 4.47. The zero-order chi connectivity index (χ0) is 10.7. The topological polar surface area (TPSA) is 54.5 Å². The highest BCUT2D eigenvalue weighted by molar-refractivity contribution is 9.10. The molecule has 0 atom stereocenters. The van der Waals surface area contributed by atoms with E-state index in [1.54, 1.807) is 12.4 Å². The van der Waals surface area contributed by atoms with Crippen LogP contribution in [0.5, 0.6) is 0 Å². The van der Waals surface area contributed by atoms with Gasteiger partial charge in [0, 0.05) is 24.3 Å². The lowest BCUT2D eigenvalue weighted by molar-refractivity contribution is 0.937. The molecule has 78 valence electrons. The summed E-state index contributed by atoms with van der Waals surface area (Å²) in [4.78, 5) is 15.7. The molecular weight excluding hydrogens is 276 g/mol. The van der Waals surface area contributed by atoms with Crippen molar-refractivity contribution >= 4 is 27.7 Å². The van der Waals surface area contributed by atoms with Crippen LogP contribution in [0.25, 0.3) is 0 Å². The summed E-state index contributed by atoms with van der Waals surface area (Å²) in [5.41, 5.74) is 1.12. The third-order valence-corrected chi connectivity index (χ3v) is 2.97. The lowest BCUT2D eigenvalue weighted by Crippen LogP contribution is -1.86. The molecule has 2 rings (SSSR count). The van der Waals surface area contributed by atoms with Crippen LogP contribution in [0.2, 0.25) is 0 Å². The molecule has 2 aromatic rings. The van der Waals surface area contributed by atoms with Crippen molar-refractivity contribution in [2.75, 3.05) is 0 Å². The number of aromatic amines is 1. The van der Waals surface area contributed by atoms with E-state index in [0.29, 0.717) is 5.16 Å². The monoisotopic (exact) mass is 284 g/mol. The number of hydrogen-bond donors (Lipinski definition) is 1. The first-order valence-corrected chi connectivity index (χ1v) is 6.08. The second-order valence-electron chi connectivity index (χ2n) is 2.85. The molecule has 0 fully saturated rings. The predicted molar refractivity (Wildman–Crippen MR) is 61.8 cm³/mol. The zero-order valence-corrected chi connectivity index (χ0v) is 10.5. The average Bonchev–Trinajstić information content (AvgIpc) is 2.69. The molecule has 0 bridgehead atoms. The van der Waals surface area contributed by atoms with E-state index in [0.717, 1.165) is 21.7 Å². The van der Waals surface area contributed by atoms with Gasteiger partial charge in [0.2, 0.25) is 0 Å². The van der Waals surface area contributed by atoms with Crippen LogP contribution in [-0.2, 0) is 6.42 Å². The van der Waals surface area contributed by atoms with Gasteiger partial charge in [-0.25, -0.2) is 15.0 Å². The molecule has 2 aromatic heterocycles. The summed E-state index contributed by atoms with van der Waals surface area (Å²) >= 11 is 4.71. The normalized spacial score (nSPS) is 10.5. The van der Waals surface area contributed by atoms with Crippen LogP contribution in [-0.4, -0.2) is 19.9 Å². The number of rotatable bonds is 3. The minimum Gasteiger partial charge on any atom is -0.336 e. The van der Waals surface area contributed by atoms with Crippen molar-refractivity contribution in [2.24, 2.45) is 0 Å². The molecule has 0 aliphatic carbocycles. The van der Waals surface area contributed by atoms with Gasteiger partial charge in [-0.1, -0.05) is 6.92 Å². The van der Waals surface area contributed by atoms with E-state index >= 15 is 0 Å². The fourth-order valence-corrected chi connectivity index (χ4v) is 1.89. The van der Waals surface area contributed by atoms with Crippen LogP contribution in [0.3, 0.4) is 0 Å². The van der Waals surface area contributed by atoms with Gasteiger partial charge in [-0.3, -0.25) is 0 Å². The van der Waals surface area contributed by atoms with Crippen LogP contribution in [0, 0.1) is 0 Å². The quantitative estimate of drug-likeness (QED) is 0.881. The molecule has 0 amide bonds. The minimum atomic E-state index is 0.690. The predicted octanol–water partition coefficient (Wildman–Crippen LogP) is 2.68. The van der Waals surface area contributed by atoms with Crippen molar-refractivity contribution in [3.8, 4) is 0 Å². The van der Waals surface area contributed by atoms with E-state index in [9.17, 15) is 0 Å². The second-order valence-corrected chi connectivity index (χ2v) is 4.72. The molecular formula is C9H9BrN4S. The number of halogens is 1. The highest BCUT2D eigenvalue weighted by atomic mass is 79.9. The SMILES string of the molecule is CCc1cnc(Sc2ncc(Br)cn2)[nH]1. The van der Waals surface area contributed by atoms with Crippen LogP contribution in [0.4, 0.5) is 0 Å². The van der Waals surface area contributed by atoms with Gasteiger partial charge >= 0.3 is 0 Å². The third kappa shape index (κ3) is 2.79. The van der Waals surface area contributed by atoms with Gasteiger partial charge in [0.1, 0.15) is 0 Å². The van der Waals surface area contributed by atoms with E-state index in [2.05, 4.69) is 42.8 Å². The van der Waals surface area contributed by atoms with E-state index < -0.39 is 0 Å². The summed E-state index contributed by atoms with van der Waals surface area (Å²) in [6.45, 7) is 2.08. The van der Waals surface area contributed by atoms with E-state index in [4.69, 9.17) is 0 Å². The Kier molecular flexibility index (Phi) is 3.37. The van der Waals surface area contributed by atoms with Crippen molar-refractivity contribution in [3.05, 3.63) is 28.8 Å². The van der Waals surface area contributed by atoms with Gasteiger partial charge in [-0.05, 0) is 34.1 Å². The molecule has 6 heteroatoms. The summed E-state index contributed by atoms with van der Waals surface area (Å²) in [6.07, 6.45) is 6.23. The fourth-order valence-electron chi connectivity index (χ4n) is 1.01. The maximum absolute atomic E-state index is 4.22. The summed E-state index contributed by atoms with van der Waals surface area (Å²) in [6, 6.07) is 0. The van der Waals surface area contributed by atoms with Crippen molar-refractivity contribution in [1.82, 2.24) is 19.9 Å². The van der Waals surface area contributed by atoms with E-state index in [1.807, 2.05) is 6.20 Å². The number of H-pyrrole nitrogens is 1. The number of hydrogen-bond acceptors (Lipinski definition) is 4. The summed E-state index contributed by atoms with van der Waals surface area (Å²) in [5.74, 6) is 0. The van der Waals surface area contributed by atoms with Crippen LogP contribution in [0.1, 0.15) is 12.6 Å². The number of aromatic nitrogens is 4. The molecule has 15 heavy (non-hydrogen) atoms. The van der Waals surface area contributed by atoms with Gasteiger partial charge < -0.3 is 4.98 Å². The van der Waals surface area contributed by atoms with E-state index in [-0.39, 0.29) is 0 Å². The molecule has 4 nitrogen and oxygen atoms in total. The first kappa shape index (κ1) is 10.6. The number of imidazole rings is 1. The number of nitrogens with zero attached hydrogens (tertiary/aromatic N) is 3. The number of aryl methyl sites for hydroxylation is 1. The van der Waals surface area contributed by atoms with Gasteiger partial charge in [0.05, 0.1) is 4.47 Å². The molecule has 1 N–H and O–H groups in total. The summed E-state index contributed by atoms with van der Waals surface area (Å²) in [7, 11) is 0. The molecule has 0 unspecified atom stereocenters. The Morgan fingerprint density at radius 2 is 2.00 bits per heavy atom. The molecule has 0 aliphatic heterocycles. The van der Waals surface area contributed by atoms with Crippen LogP contribution in [0.15, 0.2) is 33.4 Å². The zero-order valence-electron chi connectivity index (χ0n) is 8.07. The maximum atomic E-state index is 4.22. The largest absolute Gasteiger partial charge is 0.336 e. The smallest absolute Gasteiger partial charge is 0.195 e. The lowest BCUT2D eigenvalue weighted by Gasteiger charge is -1.95. The minimum absolute atomic E-state index is 0.690. The Morgan fingerprint density at radius 3 is 2.60 bits per heavy atom. The fraction of sp³-hybridized carbons (Fsp3) is 0.222. The molecule has 0 aromatic carbocycles. The second kappa shape index (κ2) is 4.76.